The fourth-order valence-corrected chi connectivity index (χ4v) is 1.09. The van der Waals surface area contributed by atoms with E-state index in [9.17, 15) is 14.4 Å². The first-order chi connectivity index (χ1) is 7.31. The lowest BCUT2D eigenvalue weighted by atomic mass is 10.2. The average molecular weight is 214 g/mol. The molecule has 5 heteroatoms. The Balaban J connectivity index is 3.12. The third-order valence-corrected chi connectivity index (χ3v) is 1.89. The summed E-state index contributed by atoms with van der Waals surface area (Å²) < 4.78 is 0. The second-order valence-electron chi connectivity index (χ2n) is 3.19. The van der Waals surface area contributed by atoms with Gasteiger partial charge in [0.2, 0.25) is 12.3 Å². The van der Waals surface area contributed by atoms with E-state index in [2.05, 4.69) is 10.6 Å². The molecular weight excluding hydrogens is 196 g/mol. The van der Waals surface area contributed by atoms with Crippen LogP contribution in [0.1, 0.15) is 32.1 Å². The lowest BCUT2D eigenvalue weighted by Crippen LogP contribution is -2.24. The maximum absolute atomic E-state index is 11.0. The highest BCUT2D eigenvalue weighted by atomic mass is 16.1. The van der Waals surface area contributed by atoms with Crippen molar-refractivity contribution in [3.05, 3.63) is 0 Å². The van der Waals surface area contributed by atoms with E-state index in [1.54, 1.807) is 0 Å². The monoisotopic (exact) mass is 214 g/mol. The van der Waals surface area contributed by atoms with E-state index in [4.69, 9.17) is 0 Å². The van der Waals surface area contributed by atoms with Crippen LogP contribution in [-0.4, -0.2) is 31.7 Å². The molecule has 86 valence electrons. The molecule has 15 heavy (non-hydrogen) atoms. The standard InChI is InChI=1S/C10H18N2O3/c13-8-4-5-10(15)12-7-3-1-2-6-11-9-14/h8-9H,1-7H2,(H,11,14)(H,12,15). The number of unbranched alkanes of at least 4 members (excludes halogenated alkanes) is 2. The molecule has 0 atom stereocenters. The fraction of sp³-hybridized carbons (Fsp3) is 0.700. The molecule has 0 fully saturated rings. The second-order valence-corrected chi connectivity index (χ2v) is 3.19. The van der Waals surface area contributed by atoms with Gasteiger partial charge in [-0.15, -0.1) is 0 Å². The highest BCUT2D eigenvalue weighted by Crippen LogP contribution is 1.92. The van der Waals surface area contributed by atoms with Crippen molar-refractivity contribution in [2.24, 2.45) is 0 Å². The Labute approximate surface area is 89.6 Å². The van der Waals surface area contributed by atoms with Crippen molar-refractivity contribution >= 4 is 18.6 Å². The normalized spacial score (nSPS) is 9.33. The van der Waals surface area contributed by atoms with Crippen molar-refractivity contribution in [2.75, 3.05) is 13.1 Å². The SMILES string of the molecule is O=CCCC(=O)NCCCCCNC=O. The first-order valence-corrected chi connectivity index (χ1v) is 5.18. The van der Waals surface area contributed by atoms with Crippen molar-refractivity contribution in [3.63, 3.8) is 0 Å². The van der Waals surface area contributed by atoms with Gasteiger partial charge >= 0.3 is 0 Å². The van der Waals surface area contributed by atoms with Gasteiger partial charge in [0.05, 0.1) is 0 Å². The molecule has 5 nitrogen and oxygen atoms in total. The minimum absolute atomic E-state index is 0.0758. The lowest BCUT2D eigenvalue weighted by Gasteiger charge is -2.03. The van der Waals surface area contributed by atoms with Gasteiger partial charge in [0, 0.05) is 25.9 Å². The number of rotatable bonds is 10. The number of nitrogens with one attached hydrogen (secondary N) is 2. The van der Waals surface area contributed by atoms with Gasteiger partial charge in [-0.2, -0.15) is 0 Å². The Morgan fingerprint density at radius 2 is 1.80 bits per heavy atom. The summed E-state index contributed by atoms with van der Waals surface area (Å²) in [5.74, 6) is -0.0758. The van der Waals surface area contributed by atoms with Gasteiger partial charge in [0.15, 0.2) is 0 Å². The fourth-order valence-electron chi connectivity index (χ4n) is 1.09. The van der Waals surface area contributed by atoms with E-state index >= 15 is 0 Å². The molecular formula is C10H18N2O3. The van der Waals surface area contributed by atoms with Gasteiger partial charge < -0.3 is 15.4 Å². The summed E-state index contributed by atoms with van der Waals surface area (Å²) in [7, 11) is 0. The van der Waals surface area contributed by atoms with Gasteiger partial charge in [-0.3, -0.25) is 9.59 Å². The third kappa shape index (κ3) is 10.5. The van der Waals surface area contributed by atoms with Crippen molar-refractivity contribution in [3.8, 4) is 0 Å². The van der Waals surface area contributed by atoms with E-state index in [0.717, 1.165) is 25.5 Å². The zero-order valence-electron chi connectivity index (χ0n) is 8.83. The van der Waals surface area contributed by atoms with Crippen LogP contribution in [0.3, 0.4) is 0 Å². The molecule has 0 aliphatic carbocycles. The molecule has 0 heterocycles. The van der Waals surface area contributed by atoms with Crippen LogP contribution < -0.4 is 10.6 Å². The van der Waals surface area contributed by atoms with Crippen LogP contribution in [-0.2, 0) is 14.4 Å². The predicted octanol–water partition coefficient (Wildman–Crippen LogP) is -0.00200. The lowest BCUT2D eigenvalue weighted by molar-refractivity contribution is -0.122. The number of hydrogen-bond donors (Lipinski definition) is 2. The van der Waals surface area contributed by atoms with E-state index < -0.39 is 0 Å². The molecule has 0 aliphatic heterocycles. The summed E-state index contributed by atoms with van der Waals surface area (Å²) >= 11 is 0. The Morgan fingerprint density at radius 1 is 1.07 bits per heavy atom. The summed E-state index contributed by atoms with van der Waals surface area (Å²) in [4.78, 5) is 30.9. The number of aldehydes is 1. The summed E-state index contributed by atoms with van der Waals surface area (Å²) in [6, 6.07) is 0. The Morgan fingerprint density at radius 3 is 2.47 bits per heavy atom. The molecule has 0 unspecified atom stereocenters. The molecule has 0 aromatic carbocycles. The average Bonchev–Trinajstić information content (AvgIpc) is 2.25. The Bertz CT molecular complexity index is 195. The topological polar surface area (TPSA) is 75.3 Å². The van der Waals surface area contributed by atoms with Crippen LogP contribution in [0.15, 0.2) is 0 Å². The molecule has 0 aromatic rings. The van der Waals surface area contributed by atoms with Gasteiger partial charge in [-0.1, -0.05) is 0 Å². The van der Waals surface area contributed by atoms with E-state index in [1.807, 2.05) is 0 Å². The van der Waals surface area contributed by atoms with Crippen LogP contribution in [0.2, 0.25) is 0 Å². The molecule has 2 amide bonds. The highest BCUT2D eigenvalue weighted by Gasteiger charge is 1.98. The van der Waals surface area contributed by atoms with Crippen molar-refractivity contribution in [1.82, 2.24) is 10.6 Å². The minimum atomic E-state index is -0.0758. The number of hydrogen-bond acceptors (Lipinski definition) is 3. The van der Waals surface area contributed by atoms with Crippen LogP contribution in [0.4, 0.5) is 0 Å². The summed E-state index contributed by atoms with van der Waals surface area (Å²) in [5.41, 5.74) is 0. The molecule has 0 saturated heterocycles. The van der Waals surface area contributed by atoms with Crippen LogP contribution >= 0.6 is 0 Å². The molecule has 2 N–H and O–H groups in total. The molecule has 0 radical (unpaired) electrons. The van der Waals surface area contributed by atoms with Crippen LogP contribution in [0.25, 0.3) is 0 Å². The number of carbonyl (C=O) groups excluding carboxylic acids is 3. The van der Waals surface area contributed by atoms with Gasteiger partial charge in [-0.25, -0.2) is 0 Å². The van der Waals surface area contributed by atoms with Gasteiger partial charge in [0.1, 0.15) is 6.29 Å². The minimum Gasteiger partial charge on any atom is -0.359 e. The van der Waals surface area contributed by atoms with E-state index in [-0.39, 0.29) is 18.7 Å². The largest absolute Gasteiger partial charge is 0.359 e. The Hall–Kier alpha value is -1.39. The zero-order valence-corrected chi connectivity index (χ0v) is 8.83. The van der Waals surface area contributed by atoms with Crippen molar-refractivity contribution in [2.45, 2.75) is 32.1 Å². The maximum Gasteiger partial charge on any atom is 0.220 e. The zero-order chi connectivity index (χ0) is 11.4. The maximum atomic E-state index is 11.0. The Kier molecular flexibility index (Phi) is 9.70. The first kappa shape index (κ1) is 13.6. The van der Waals surface area contributed by atoms with Gasteiger partial charge in [0.25, 0.3) is 0 Å². The molecule has 0 rings (SSSR count). The van der Waals surface area contributed by atoms with Crippen molar-refractivity contribution < 1.29 is 14.4 Å². The number of carbonyl (C=O) groups is 3. The smallest absolute Gasteiger partial charge is 0.220 e. The van der Waals surface area contributed by atoms with Crippen molar-refractivity contribution in [1.29, 1.82) is 0 Å². The third-order valence-electron chi connectivity index (χ3n) is 1.89. The highest BCUT2D eigenvalue weighted by molar-refractivity contribution is 5.77. The molecule has 0 aliphatic rings. The van der Waals surface area contributed by atoms with Gasteiger partial charge in [-0.05, 0) is 19.3 Å². The molecule has 0 saturated carbocycles. The van der Waals surface area contributed by atoms with Crippen LogP contribution in [0, 0.1) is 0 Å². The predicted molar refractivity (Wildman–Crippen MR) is 56.2 cm³/mol. The van der Waals surface area contributed by atoms with Crippen LogP contribution in [0.5, 0.6) is 0 Å². The molecule has 0 bridgehead atoms. The summed E-state index contributed by atoms with van der Waals surface area (Å²) in [6.45, 7) is 1.32. The van der Waals surface area contributed by atoms with E-state index in [0.29, 0.717) is 19.5 Å². The summed E-state index contributed by atoms with van der Waals surface area (Å²) in [5, 5.41) is 5.29. The van der Waals surface area contributed by atoms with E-state index in [1.165, 1.54) is 0 Å². The number of amides is 2. The molecule has 0 spiro atoms. The first-order valence-electron chi connectivity index (χ1n) is 5.18. The summed E-state index contributed by atoms with van der Waals surface area (Å²) in [6.07, 6.45) is 4.77. The molecule has 0 aromatic heterocycles. The second kappa shape index (κ2) is 10.7. The quantitative estimate of drug-likeness (QED) is 0.397.